The lowest BCUT2D eigenvalue weighted by Crippen LogP contribution is -2.40. The largest absolute Gasteiger partial charge is 0.480 e. The first-order valence-corrected chi connectivity index (χ1v) is 5.74. The summed E-state index contributed by atoms with van der Waals surface area (Å²) < 4.78 is 0. The third kappa shape index (κ3) is 3.34. The zero-order chi connectivity index (χ0) is 13.7. The highest BCUT2D eigenvalue weighted by Crippen LogP contribution is 2.20. The number of benzene rings is 1. The fraction of sp³-hybridized carbons (Fsp3) is 0.231. The van der Waals surface area contributed by atoms with Gasteiger partial charge in [-0.2, -0.15) is 0 Å². The molecule has 0 heterocycles. The van der Waals surface area contributed by atoms with Crippen LogP contribution in [0.3, 0.4) is 0 Å². The molecule has 0 radical (unpaired) electrons. The summed E-state index contributed by atoms with van der Waals surface area (Å²) >= 11 is 6.00. The van der Waals surface area contributed by atoms with Crippen LogP contribution in [0.25, 0.3) is 0 Å². The van der Waals surface area contributed by atoms with Crippen LogP contribution >= 0.6 is 11.6 Å². The second-order valence-electron chi connectivity index (χ2n) is 3.83. The van der Waals surface area contributed by atoms with Crippen LogP contribution in [0.1, 0.15) is 22.3 Å². The Morgan fingerprint density at radius 2 is 2.22 bits per heavy atom. The van der Waals surface area contributed by atoms with E-state index in [-0.39, 0.29) is 12.0 Å². The van der Waals surface area contributed by atoms with E-state index >= 15 is 0 Å². The molecule has 1 atom stereocenters. The van der Waals surface area contributed by atoms with Gasteiger partial charge in [0.05, 0.1) is 10.6 Å². The van der Waals surface area contributed by atoms with Gasteiger partial charge >= 0.3 is 5.97 Å². The Labute approximate surface area is 110 Å². The summed E-state index contributed by atoms with van der Waals surface area (Å²) in [6.45, 7) is 5.23. The van der Waals surface area contributed by atoms with Crippen LogP contribution in [0.15, 0.2) is 30.9 Å². The topological polar surface area (TPSA) is 66.4 Å². The Hall–Kier alpha value is -1.81. The molecule has 0 saturated heterocycles. The highest BCUT2D eigenvalue weighted by atomic mass is 35.5. The molecule has 0 saturated carbocycles. The van der Waals surface area contributed by atoms with E-state index in [0.717, 1.165) is 5.56 Å². The lowest BCUT2D eigenvalue weighted by molar-refractivity contribution is -0.139. The van der Waals surface area contributed by atoms with Crippen LogP contribution in [-0.4, -0.2) is 23.0 Å². The summed E-state index contributed by atoms with van der Waals surface area (Å²) in [5.74, 6) is -1.61. The first-order chi connectivity index (χ1) is 8.47. The van der Waals surface area contributed by atoms with Crippen LogP contribution in [0.4, 0.5) is 0 Å². The number of carbonyl (C=O) groups is 2. The second-order valence-corrected chi connectivity index (χ2v) is 4.20. The smallest absolute Gasteiger partial charge is 0.326 e. The maximum Gasteiger partial charge on any atom is 0.326 e. The van der Waals surface area contributed by atoms with Gasteiger partial charge in [-0.15, -0.1) is 6.58 Å². The first-order valence-electron chi connectivity index (χ1n) is 5.37. The van der Waals surface area contributed by atoms with Gasteiger partial charge < -0.3 is 10.4 Å². The number of hydrogen-bond donors (Lipinski definition) is 2. The van der Waals surface area contributed by atoms with Crippen molar-refractivity contribution in [2.45, 2.75) is 19.4 Å². The molecule has 0 fully saturated rings. The Balaban J connectivity index is 2.90. The Morgan fingerprint density at radius 1 is 1.56 bits per heavy atom. The molecule has 0 aliphatic heterocycles. The third-order valence-corrected chi connectivity index (χ3v) is 2.94. The summed E-state index contributed by atoms with van der Waals surface area (Å²) in [6, 6.07) is 4.03. The van der Waals surface area contributed by atoms with E-state index in [2.05, 4.69) is 11.9 Å². The maximum atomic E-state index is 11.9. The average molecular weight is 268 g/mol. The molecule has 4 nitrogen and oxygen atoms in total. The molecule has 1 unspecified atom stereocenters. The summed E-state index contributed by atoms with van der Waals surface area (Å²) in [7, 11) is 0. The summed E-state index contributed by atoms with van der Waals surface area (Å²) in [4.78, 5) is 22.8. The molecule has 18 heavy (non-hydrogen) atoms. The Kier molecular flexibility index (Phi) is 4.92. The van der Waals surface area contributed by atoms with Gasteiger partial charge in [0.25, 0.3) is 5.91 Å². The Morgan fingerprint density at radius 3 is 2.78 bits per heavy atom. The fourth-order valence-electron chi connectivity index (χ4n) is 1.45. The van der Waals surface area contributed by atoms with Crippen molar-refractivity contribution < 1.29 is 14.7 Å². The number of hydrogen-bond acceptors (Lipinski definition) is 2. The van der Waals surface area contributed by atoms with E-state index in [1.807, 2.05) is 0 Å². The number of carbonyl (C=O) groups excluding carboxylic acids is 1. The highest BCUT2D eigenvalue weighted by molar-refractivity contribution is 6.34. The van der Waals surface area contributed by atoms with Crippen molar-refractivity contribution in [3.63, 3.8) is 0 Å². The van der Waals surface area contributed by atoms with Crippen molar-refractivity contribution in [3.05, 3.63) is 47.0 Å². The molecule has 2 N–H and O–H groups in total. The van der Waals surface area contributed by atoms with Gasteiger partial charge in [0.2, 0.25) is 0 Å². The highest BCUT2D eigenvalue weighted by Gasteiger charge is 2.20. The molecule has 96 valence electrons. The number of nitrogens with one attached hydrogen (secondary N) is 1. The zero-order valence-corrected chi connectivity index (χ0v) is 10.7. The minimum absolute atomic E-state index is 0.157. The van der Waals surface area contributed by atoms with Gasteiger partial charge in [-0.1, -0.05) is 29.8 Å². The van der Waals surface area contributed by atoms with Gasteiger partial charge in [0.15, 0.2) is 0 Å². The summed E-state index contributed by atoms with van der Waals surface area (Å²) in [6.07, 6.45) is 1.60. The van der Waals surface area contributed by atoms with Crippen LogP contribution < -0.4 is 5.32 Å². The van der Waals surface area contributed by atoms with Crippen LogP contribution in [0.2, 0.25) is 5.02 Å². The van der Waals surface area contributed by atoms with Gasteiger partial charge in [-0.05, 0) is 25.0 Å². The SMILES string of the molecule is C=CCC(NC(=O)c1cccc(C)c1Cl)C(=O)O. The molecule has 0 bridgehead atoms. The van der Waals surface area contributed by atoms with E-state index in [4.69, 9.17) is 16.7 Å². The van der Waals surface area contributed by atoms with Crippen molar-refractivity contribution in [2.24, 2.45) is 0 Å². The molecule has 1 aromatic carbocycles. The number of amides is 1. The second kappa shape index (κ2) is 6.21. The monoisotopic (exact) mass is 267 g/mol. The third-order valence-electron chi connectivity index (χ3n) is 2.44. The maximum absolute atomic E-state index is 11.9. The quantitative estimate of drug-likeness (QED) is 0.805. The van der Waals surface area contributed by atoms with Gasteiger partial charge in [-0.25, -0.2) is 4.79 Å². The van der Waals surface area contributed by atoms with Crippen molar-refractivity contribution in [3.8, 4) is 0 Å². The lowest BCUT2D eigenvalue weighted by atomic mass is 10.1. The number of rotatable bonds is 5. The minimum Gasteiger partial charge on any atom is -0.480 e. The lowest BCUT2D eigenvalue weighted by Gasteiger charge is -2.13. The van der Waals surface area contributed by atoms with E-state index < -0.39 is 17.9 Å². The van der Waals surface area contributed by atoms with Crippen molar-refractivity contribution >= 4 is 23.5 Å². The number of aliphatic carboxylic acids is 1. The van der Waals surface area contributed by atoms with E-state index in [1.165, 1.54) is 6.08 Å². The molecule has 0 aliphatic carbocycles. The van der Waals surface area contributed by atoms with E-state index in [1.54, 1.807) is 25.1 Å². The number of halogens is 1. The predicted molar refractivity (Wildman–Crippen MR) is 69.9 cm³/mol. The van der Waals surface area contributed by atoms with Gasteiger partial charge in [-0.3, -0.25) is 4.79 Å². The fourth-order valence-corrected chi connectivity index (χ4v) is 1.66. The molecular formula is C13H14ClNO3. The standard InChI is InChI=1S/C13H14ClNO3/c1-3-5-10(13(17)18)15-12(16)9-7-4-6-8(2)11(9)14/h3-4,6-7,10H,1,5H2,2H3,(H,15,16)(H,17,18). The molecular weight excluding hydrogens is 254 g/mol. The van der Waals surface area contributed by atoms with E-state index in [9.17, 15) is 9.59 Å². The Bertz CT molecular complexity index is 485. The number of aryl methyl sites for hydroxylation is 1. The molecule has 1 rings (SSSR count). The van der Waals surface area contributed by atoms with Crippen LogP contribution in [0.5, 0.6) is 0 Å². The molecule has 0 aromatic heterocycles. The molecule has 1 aromatic rings. The first kappa shape index (κ1) is 14.3. The van der Waals surface area contributed by atoms with Crippen molar-refractivity contribution in [1.29, 1.82) is 0 Å². The molecule has 0 aliphatic rings. The van der Waals surface area contributed by atoms with Crippen LogP contribution in [0, 0.1) is 6.92 Å². The van der Waals surface area contributed by atoms with Crippen molar-refractivity contribution in [2.75, 3.05) is 0 Å². The van der Waals surface area contributed by atoms with Gasteiger partial charge in [0, 0.05) is 0 Å². The summed E-state index contributed by atoms with van der Waals surface area (Å²) in [5.41, 5.74) is 1.03. The summed E-state index contributed by atoms with van der Waals surface area (Å²) in [5, 5.41) is 11.7. The number of carboxylic acids is 1. The molecule has 1 amide bonds. The molecule has 0 spiro atoms. The zero-order valence-electron chi connectivity index (χ0n) is 9.94. The van der Waals surface area contributed by atoms with Crippen molar-refractivity contribution in [1.82, 2.24) is 5.32 Å². The normalized spacial score (nSPS) is 11.7. The molecule has 5 heteroatoms. The van der Waals surface area contributed by atoms with E-state index in [0.29, 0.717) is 5.02 Å². The van der Waals surface area contributed by atoms with Gasteiger partial charge in [0.1, 0.15) is 6.04 Å². The minimum atomic E-state index is -1.10. The van der Waals surface area contributed by atoms with Crippen LogP contribution in [-0.2, 0) is 4.79 Å². The predicted octanol–water partition coefficient (Wildman–Crippen LogP) is 2.41. The average Bonchev–Trinajstić information content (AvgIpc) is 2.31. The number of carboxylic acid groups (broad SMARTS) is 1.